The minimum atomic E-state index is -0.885. The smallest absolute Gasteiger partial charge is 0.342 e. The standard InChI is InChI=1S/C16H8Cl3NO4/c17-10-5-6-11(18)13(19)12(10)16(23)24-7-20-14(21)8-3-1-2-4-9(8)15(20)22/h1-6H,7H2. The number of imide groups is 1. The van der Waals surface area contributed by atoms with E-state index < -0.39 is 24.5 Å². The largest absolute Gasteiger partial charge is 0.440 e. The quantitative estimate of drug-likeness (QED) is 0.455. The second-order valence-corrected chi connectivity index (χ2v) is 6.06. The summed E-state index contributed by atoms with van der Waals surface area (Å²) in [7, 11) is 0. The highest BCUT2D eigenvalue weighted by Gasteiger charge is 2.36. The van der Waals surface area contributed by atoms with E-state index in [-0.39, 0.29) is 31.8 Å². The van der Waals surface area contributed by atoms with Crippen molar-refractivity contribution >= 4 is 52.6 Å². The van der Waals surface area contributed by atoms with Crippen molar-refractivity contribution < 1.29 is 19.1 Å². The highest BCUT2D eigenvalue weighted by molar-refractivity contribution is 6.46. The normalized spacial score (nSPS) is 13.2. The van der Waals surface area contributed by atoms with Crippen molar-refractivity contribution in [2.75, 3.05) is 6.73 Å². The fraction of sp³-hybridized carbons (Fsp3) is 0.0625. The summed E-state index contributed by atoms with van der Waals surface area (Å²) in [6.45, 7) is -0.551. The van der Waals surface area contributed by atoms with Crippen LogP contribution in [0.1, 0.15) is 31.1 Å². The number of halogens is 3. The zero-order valence-corrected chi connectivity index (χ0v) is 14.2. The number of esters is 1. The lowest BCUT2D eigenvalue weighted by atomic mass is 10.1. The summed E-state index contributed by atoms with van der Waals surface area (Å²) in [6, 6.07) is 9.18. The highest BCUT2D eigenvalue weighted by Crippen LogP contribution is 2.32. The minimum absolute atomic E-state index is 0.0526. The van der Waals surface area contributed by atoms with Crippen LogP contribution in [0.15, 0.2) is 36.4 Å². The molecular formula is C16H8Cl3NO4. The zero-order valence-electron chi connectivity index (χ0n) is 11.9. The highest BCUT2D eigenvalue weighted by atomic mass is 35.5. The van der Waals surface area contributed by atoms with Gasteiger partial charge in [-0.05, 0) is 24.3 Å². The molecule has 0 radical (unpaired) electrons. The van der Waals surface area contributed by atoms with Gasteiger partial charge in [-0.25, -0.2) is 9.69 Å². The van der Waals surface area contributed by atoms with Crippen molar-refractivity contribution in [1.82, 2.24) is 4.90 Å². The molecule has 0 unspecified atom stereocenters. The van der Waals surface area contributed by atoms with E-state index in [1.165, 1.54) is 24.3 Å². The topological polar surface area (TPSA) is 63.7 Å². The Labute approximate surface area is 151 Å². The molecule has 122 valence electrons. The number of fused-ring (bicyclic) bond motifs is 1. The van der Waals surface area contributed by atoms with E-state index in [9.17, 15) is 14.4 Å². The third-order valence-corrected chi connectivity index (χ3v) is 4.57. The molecule has 1 heterocycles. The van der Waals surface area contributed by atoms with Crippen molar-refractivity contribution in [3.8, 4) is 0 Å². The van der Waals surface area contributed by atoms with Gasteiger partial charge in [-0.2, -0.15) is 0 Å². The summed E-state index contributed by atoms with van der Waals surface area (Å²) in [5, 5.41) is 0.127. The SMILES string of the molecule is O=C(OCN1C(=O)c2ccccc2C1=O)c1c(Cl)ccc(Cl)c1Cl. The molecule has 2 aromatic carbocycles. The van der Waals surface area contributed by atoms with Crippen LogP contribution in [0.2, 0.25) is 15.1 Å². The summed E-state index contributed by atoms with van der Waals surface area (Å²) in [4.78, 5) is 37.4. The molecule has 0 bridgehead atoms. The zero-order chi connectivity index (χ0) is 17.4. The van der Waals surface area contributed by atoms with Gasteiger partial charge in [-0.1, -0.05) is 46.9 Å². The molecule has 1 aliphatic heterocycles. The summed E-state index contributed by atoms with van der Waals surface area (Å²) in [5.74, 6) is -1.96. The summed E-state index contributed by atoms with van der Waals surface area (Å²) >= 11 is 17.7. The molecule has 0 spiro atoms. The van der Waals surface area contributed by atoms with Crippen molar-refractivity contribution in [2.45, 2.75) is 0 Å². The maximum absolute atomic E-state index is 12.2. The van der Waals surface area contributed by atoms with E-state index in [4.69, 9.17) is 39.5 Å². The molecule has 5 nitrogen and oxygen atoms in total. The number of amides is 2. The van der Waals surface area contributed by atoms with Gasteiger partial charge < -0.3 is 4.74 Å². The lowest BCUT2D eigenvalue weighted by Crippen LogP contribution is -2.33. The maximum Gasteiger partial charge on any atom is 0.342 e. The van der Waals surface area contributed by atoms with Gasteiger partial charge in [0.25, 0.3) is 11.8 Å². The number of carbonyl (C=O) groups is 3. The molecule has 0 saturated carbocycles. The fourth-order valence-electron chi connectivity index (χ4n) is 2.27. The Balaban J connectivity index is 1.78. The van der Waals surface area contributed by atoms with Crippen LogP contribution in [-0.2, 0) is 4.74 Å². The predicted molar refractivity (Wildman–Crippen MR) is 88.7 cm³/mol. The van der Waals surface area contributed by atoms with Crippen LogP contribution in [0.3, 0.4) is 0 Å². The molecule has 0 aromatic heterocycles. The number of rotatable bonds is 3. The Morgan fingerprint density at radius 2 is 1.46 bits per heavy atom. The monoisotopic (exact) mass is 383 g/mol. The number of hydrogen-bond acceptors (Lipinski definition) is 4. The number of hydrogen-bond donors (Lipinski definition) is 0. The van der Waals surface area contributed by atoms with E-state index in [1.54, 1.807) is 12.1 Å². The lowest BCUT2D eigenvalue weighted by Gasteiger charge is -2.15. The molecular weight excluding hydrogens is 377 g/mol. The molecule has 1 aliphatic rings. The first kappa shape index (κ1) is 16.8. The molecule has 0 aliphatic carbocycles. The van der Waals surface area contributed by atoms with E-state index in [2.05, 4.69) is 0 Å². The summed E-state index contributed by atoms with van der Waals surface area (Å²) in [6.07, 6.45) is 0. The molecule has 2 aromatic rings. The van der Waals surface area contributed by atoms with Crippen LogP contribution >= 0.6 is 34.8 Å². The Morgan fingerprint density at radius 3 is 2.04 bits per heavy atom. The molecule has 0 atom stereocenters. The molecule has 24 heavy (non-hydrogen) atoms. The first-order valence-electron chi connectivity index (χ1n) is 6.67. The van der Waals surface area contributed by atoms with Crippen molar-refractivity contribution in [3.63, 3.8) is 0 Å². The first-order chi connectivity index (χ1) is 11.4. The predicted octanol–water partition coefficient (Wildman–Crippen LogP) is 4.06. The van der Waals surface area contributed by atoms with Crippen LogP contribution in [-0.4, -0.2) is 29.4 Å². The number of ether oxygens (including phenoxy) is 1. The van der Waals surface area contributed by atoms with Gasteiger partial charge in [0.05, 0.1) is 31.8 Å². The number of carbonyl (C=O) groups excluding carboxylic acids is 3. The molecule has 2 amide bonds. The van der Waals surface area contributed by atoms with E-state index in [0.29, 0.717) is 0 Å². The first-order valence-corrected chi connectivity index (χ1v) is 7.81. The van der Waals surface area contributed by atoms with Crippen LogP contribution in [0.5, 0.6) is 0 Å². The van der Waals surface area contributed by atoms with Crippen LogP contribution in [0.4, 0.5) is 0 Å². The molecule has 0 N–H and O–H groups in total. The third kappa shape index (κ3) is 2.75. The third-order valence-electron chi connectivity index (χ3n) is 3.45. The molecule has 3 rings (SSSR count). The van der Waals surface area contributed by atoms with Gasteiger partial charge >= 0.3 is 5.97 Å². The van der Waals surface area contributed by atoms with Gasteiger partial charge in [-0.3, -0.25) is 9.59 Å². The Hall–Kier alpha value is -2.08. The van der Waals surface area contributed by atoms with Gasteiger partial charge in [0, 0.05) is 0 Å². The second kappa shape index (κ2) is 6.43. The Morgan fingerprint density at radius 1 is 0.917 bits per heavy atom. The van der Waals surface area contributed by atoms with Crippen LogP contribution in [0, 0.1) is 0 Å². The Bertz CT molecular complexity index is 847. The summed E-state index contributed by atoms with van der Waals surface area (Å²) in [5.41, 5.74) is 0.400. The molecule has 0 fully saturated rings. The number of nitrogens with zero attached hydrogens (tertiary/aromatic N) is 1. The fourth-order valence-corrected chi connectivity index (χ4v) is 2.95. The molecule has 8 heteroatoms. The van der Waals surface area contributed by atoms with Crippen molar-refractivity contribution in [2.24, 2.45) is 0 Å². The lowest BCUT2D eigenvalue weighted by molar-refractivity contribution is 0.0228. The van der Waals surface area contributed by atoms with Gasteiger partial charge in [0.2, 0.25) is 0 Å². The second-order valence-electron chi connectivity index (χ2n) is 4.86. The van der Waals surface area contributed by atoms with Crippen molar-refractivity contribution in [3.05, 3.63) is 68.2 Å². The maximum atomic E-state index is 12.2. The summed E-state index contributed by atoms with van der Waals surface area (Å²) < 4.78 is 5.02. The van der Waals surface area contributed by atoms with Gasteiger partial charge in [0.15, 0.2) is 6.73 Å². The number of benzene rings is 2. The van der Waals surface area contributed by atoms with E-state index in [1.807, 2.05) is 0 Å². The minimum Gasteiger partial charge on any atom is -0.440 e. The van der Waals surface area contributed by atoms with Crippen LogP contribution in [0.25, 0.3) is 0 Å². The van der Waals surface area contributed by atoms with Gasteiger partial charge in [-0.15, -0.1) is 0 Å². The van der Waals surface area contributed by atoms with Crippen LogP contribution < -0.4 is 0 Å². The van der Waals surface area contributed by atoms with E-state index >= 15 is 0 Å². The van der Waals surface area contributed by atoms with Gasteiger partial charge in [0.1, 0.15) is 0 Å². The molecule has 0 saturated heterocycles. The average Bonchev–Trinajstić information content (AvgIpc) is 2.81. The van der Waals surface area contributed by atoms with Crippen molar-refractivity contribution in [1.29, 1.82) is 0 Å². The van der Waals surface area contributed by atoms with E-state index in [0.717, 1.165) is 4.90 Å². The Kier molecular flexibility index (Phi) is 4.49. The average molecular weight is 385 g/mol.